The number of urea groups is 1. The molecular weight excluding hydrogens is 1020 g/mol. The molecule has 0 spiro atoms. The Morgan fingerprint density at radius 1 is 0.919 bits per heavy atom. The van der Waals surface area contributed by atoms with E-state index in [1.165, 1.54) is 23.1 Å². The van der Waals surface area contributed by atoms with Crippen LogP contribution in [0.2, 0.25) is 15.1 Å². The summed E-state index contributed by atoms with van der Waals surface area (Å²) in [7, 11) is 1.79. The fourth-order valence-corrected chi connectivity index (χ4v) is 13.4. The number of nitrogens with one attached hydrogen (secondary N) is 2. The molecule has 4 fully saturated rings. The summed E-state index contributed by atoms with van der Waals surface area (Å²) in [5.74, 6) is -3.12. The lowest BCUT2D eigenvalue weighted by molar-refractivity contribution is -0.138. The molecule has 1 aromatic heterocycles. The Bertz CT molecular complexity index is 3010. The van der Waals surface area contributed by atoms with E-state index in [0.29, 0.717) is 51.5 Å². The van der Waals surface area contributed by atoms with Crippen LogP contribution in [-0.4, -0.2) is 113 Å². The molecule has 5 heterocycles. The highest BCUT2D eigenvalue weighted by Gasteiger charge is 2.50. The number of fused-ring (bicyclic) bond motifs is 2. The molecule has 10 rings (SSSR count). The molecule has 5 aliphatic rings. The number of carbonyl (C=O) groups is 4. The van der Waals surface area contributed by atoms with Gasteiger partial charge in [0.1, 0.15) is 18.2 Å². The number of imide groups is 1. The standard InChI is InChI=1S/C54H59Cl3F2N8O7/c1-29-42-40(27-38(58)46(56)45(42)44-35(50(60)70)12-13-39(48(44)59)73-25-24-68)74-54(29,32-6-4-3-5-7-32)28-61-33-10-8-31(9-11-33)52(71)66-21-16-34(17-22-66)65-19-14-30(15-20-65)43-37(55)26-36-49(47(43)57)64(2)63-51(36)67-23-18-41(69)62-53(67)72/h3-7,12-13,26-27,29-31,33-34,61,68H,8-11,14-25,28H2,1-2H3,(H2,60,70)(H,62,69,72)/t29-,31?,33?,54-/m0/s1. The van der Waals surface area contributed by atoms with Gasteiger partial charge in [0.25, 0.3) is 0 Å². The number of aliphatic hydroxyl groups is 1. The molecule has 0 unspecified atom stereocenters. The van der Waals surface area contributed by atoms with Gasteiger partial charge in [-0.05, 0) is 99.7 Å². The van der Waals surface area contributed by atoms with Gasteiger partial charge in [-0.1, -0.05) is 72.1 Å². The number of nitrogens with two attached hydrogens (primary N) is 1. The van der Waals surface area contributed by atoms with Crippen molar-refractivity contribution in [3.05, 3.63) is 104 Å². The van der Waals surface area contributed by atoms with Crippen LogP contribution in [0.4, 0.5) is 19.4 Å². The maximum atomic E-state index is 16.5. The third-order valence-electron chi connectivity index (χ3n) is 16.2. The average molecular weight is 1080 g/mol. The second-order valence-corrected chi connectivity index (χ2v) is 21.4. The number of benzene rings is 4. The molecule has 0 radical (unpaired) electrons. The number of aryl methyl sites for hydroxylation is 1. The first-order valence-corrected chi connectivity index (χ1v) is 26.6. The molecule has 4 aromatic carbocycles. The lowest BCUT2D eigenvalue weighted by Gasteiger charge is -2.43. The monoisotopic (exact) mass is 1070 g/mol. The number of amides is 5. The van der Waals surface area contributed by atoms with Gasteiger partial charge in [-0.25, -0.2) is 13.6 Å². The Kier molecular flexibility index (Phi) is 14.9. The van der Waals surface area contributed by atoms with Crippen LogP contribution >= 0.6 is 34.8 Å². The van der Waals surface area contributed by atoms with Gasteiger partial charge in [-0.15, -0.1) is 0 Å². The van der Waals surface area contributed by atoms with Crippen LogP contribution in [0.3, 0.4) is 0 Å². The number of carbonyl (C=O) groups excluding carboxylic acids is 4. The van der Waals surface area contributed by atoms with Crippen LogP contribution in [0.1, 0.15) is 104 Å². The van der Waals surface area contributed by atoms with Crippen LogP contribution in [-0.2, 0) is 22.2 Å². The number of primary amides is 1. The van der Waals surface area contributed by atoms with Crippen LogP contribution < -0.4 is 30.7 Å². The number of likely N-dealkylation sites (tertiary alicyclic amines) is 2. The van der Waals surface area contributed by atoms with Gasteiger partial charge in [0.05, 0.1) is 27.7 Å². The van der Waals surface area contributed by atoms with Crippen molar-refractivity contribution in [1.29, 1.82) is 0 Å². The van der Waals surface area contributed by atoms with Gasteiger partial charge in [-0.2, -0.15) is 5.10 Å². The number of ether oxygens (including phenoxy) is 2. The highest BCUT2D eigenvalue weighted by molar-refractivity contribution is 6.40. The molecule has 1 saturated carbocycles. The predicted octanol–water partition coefficient (Wildman–Crippen LogP) is 8.81. The van der Waals surface area contributed by atoms with Crippen molar-refractivity contribution in [2.45, 2.75) is 94.2 Å². The molecule has 74 heavy (non-hydrogen) atoms. The van der Waals surface area contributed by atoms with E-state index in [2.05, 4.69) is 20.6 Å². The fourth-order valence-electron chi connectivity index (χ4n) is 12.3. The normalized spacial score (nSPS) is 23.0. The fraction of sp³-hybridized carbons (Fsp3) is 0.463. The molecule has 3 saturated heterocycles. The van der Waals surface area contributed by atoms with Crippen molar-refractivity contribution in [3.8, 4) is 22.6 Å². The first kappa shape index (κ1) is 51.9. The smallest absolute Gasteiger partial charge is 0.329 e. The summed E-state index contributed by atoms with van der Waals surface area (Å²) >= 11 is 20.8. The van der Waals surface area contributed by atoms with E-state index in [-0.39, 0.29) is 90.6 Å². The summed E-state index contributed by atoms with van der Waals surface area (Å²) in [5, 5.41) is 21.4. The van der Waals surface area contributed by atoms with Crippen LogP contribution in [0.25, 0.3) is 22.0 Å². The number of aliphatic hydroxyl groups excluding tert-OH is 1. The molecule has 2 atom stereocenters. The molecule has 5 N–H and O–H groups in total. The number of nitrogens with zero attached hydrogens (tertiary/aromatic N) is 5. The largest absolute Gasteiger partial charge is 0.488 e. The first-order valence-electron chi connectivity index (χ1n) is 25.4. The number of rotatable bonds is 13. The number of aromatic nitrogens is 2. The van der Waals surface area contributed by atoms with Gasteiger partial charge in [0, 0.05) is 96.7 Å². The number of hydrogen-bond donors (Lipinski definition) is 4. The Morgan fingerprint density at radius 2 is 1.64 bits per heavy atom. The molecular formula is C54H59Cl3F2N8O7. The van der Waals surface area contributed by atoms with Crippen molar-refractivity contribution < 1.29 is 42.5 Å². The lowest BCUT2D eigenvalue weighted by atomic mass is 9.77. The number of halogens is 5. The summed E-state index contributed by atoms with van der Waals surface area (Å²) in [6.45, 7) is 4.96. The number of anilines is 1. The highest BCUT2D eigenvalue weighted by Crippen LogP contribution is 2.57. The third kappa shape index (κ3) is 9.46. The van der Waals surface area contributed by atoms with E-state index < -0.39 is 40.1 Å². The lowest BCUT2D eigenvalue weighted by Crippen LogP contribution is -2.51. The van der Waals surface area contributed by atoms with E-state index in [0.717, 1.165) is 75.6 Å². The van der Waals surface area contributed by atoms with Crippen LogP contribution in [0.15, 0.2) is 54.6 Å². The predicted molar refractivity (Wildman–Crippen MR) is 278 cm³/mol. The molecule has 0 bridgehead atoms. The SMILES string of the molecule is C[C@H]1c2c(cc(F)c(Cl)c2-c2c(C(N)=O)ccc(OCCO)c2F)O[C@]1(CNC1CCC(C(=O)N2CCC(N3CCC(c4c(Cl)cc5c(N6CCC(=O)NC6=O)nn(C)c5c4Cl)CC3)CC2)CC1)c1ccccc1. The maximum Gasteiger partial charge on any atom is 0.329 e. The number of piperidine rings is 2. The average Bonchev–Trinajstić information content (AvgIpc) is 3.88. The molecule has 1 aliphatic carbocycles. The molecule has 5 amide bonds. The topological polar surface area (TPSA) is 185 Å². The molecule has 5 aromatic rings. The minimum Gasteiger partial charge on any atom is -0.488 e. The van der Waals surface area contributed by atoms with E-state index in [1.807, 2.05) is 48.2 Å². The van der Waals surface area contributed by atoms with Gasteiger partial charge in [-0.3, -0.25) is 29.3 Å². The van der Waals surface area contributed by atoms with E-state index in [9.17, 15) is 24.3 Å². The first-order chi connectivity index (χ1) is 35.6. The van der Waals surface area contributed by atoms with E-state index >= 15 is 8.78 Å². The second kappa shape index (κ2) is 21.2. The molecule has 20 heteroatoms. The van der Waals surface area contributed by atoms with Crippen LogP contribution in [0, 0.1) is 17.6 Å². The van der Waals surface area contributed by atoms with Crippen molar-refractivity contribution in [1.82, 2.24) is 30.2 Å². The molecule has 4 aliphatic heterocycles. The molecule has 392 valence electrons. The van der Waals surface area contributed by atoms with E-state index in [4.69, 9.17) is 50.0 Å². The van der Waals surface area contributed by atoms with Crippen molar-refractivity contribution in [3.63, 3.8) is 0 Å². The molecule has 15 nitrogen and oxygen atoms in total. The Balaban J connectivity index is 0.758. The maximum absolute atomic E-state index is 16.5. The zero-order valence-corrected chi connectivity index (χ0v) is 43.5. The Morgan fingerprint density at radius 3 is 2.31 bits per heavy atom. The summed E-state index contributed by atoms with van der Waals surface area (Å²) in [6.07, 6.45) is 6.67. The van der Waals surface area contributed by atoms with Gasteiger partial charge in [0.15, 0.2) is 23.0 Å². The minimum atomic E-state index is -1.12. The van der Waals surface area contributed by atoms with E-state index in [1.54, 1.807) is 11.7 Å². The Labute approximate surface area is 442 Å². The second-order valence-electron chi connectivity index (χ2n) is 20.3. The third-order valence-corrected chi connectivity index (χ3v) is 17.3. The number of hydrogen-bond acceptors (Lipinski definition) is 10. The quantitative estimate of drug-likeness (QED) is 0.0889. The zero-order chi connectivity index (χ0) is 52.2. The summed E-state index contributed by atoms with van der Waals surface area (Å²) < 4.78 is 46.3. The van der Waals surface area contributed by atoms with Crippen molar-refractivity contribution in [2.24, 2.45) is 18.7 Å². The zero-order valence-electron chi connectivity index (χ0n) is 41.2. The summed E-state index contributed by atoms with van der Waals surface area (Å²) in [6, 6.07) is 15.0. The van der Waals surface area contributed by atoms with Crippen molar-refractivity contribution >= 4 is 75.3 Å². The minimum absolute atomic E-state index is 0.0518. The summed E-state index contributed by atoms with van der Waals surface area (Å²) in [4.78, 5) is 57.4. The van der Waals surface area contributed by atoms with Crippen LogP contribution in [0.5, 0.6) is 11.5 Å². The van der Waals surface area contributed by atoms with Gasteiger partial charge >= 0.3 is 6.03 Å². The summed E-state index contributed by atoms with van der Waals surface area (Å²) in [5.41, 5.74) is 6.84. The van der Waals surface area contributed by atoms with Crippen molar-refractivity contribution in [2.75, 3.05) is 57.4 Å². The highest BCUT2D eigenvalue weighted by atomic mass is 35.5. The van der Waals surface area contributed by atoms with Gasteiger partial charge < -0.3 is 35.4 Å². The Hall–Kier alpha value is -5.56. The van der Waals surface area contributed by atoms with Gasteiger partial charge in [0.2, 0.25) is 17.7 Å².